The lowest BCUT2D eigenvalue weighted by molar-refractivity contribution is -0.152. The maximum Gasteiger partial charge on any atom is 0.416 e. The minimum atomic E-state index is -4.33. The van der Waals surface area contributed by atoms with E-state index >= 15 is 0 Å². The van der Waals surface area contributed by atoms with Gasteiger partial charge in [0.15, 0.2) is 0 Å². The molecule has 0 radical (unpaired) electrons. The topological polar surface area (TPSA) is 32.7 Å². The Morgan fingerprint density at radius 2 is 2.04 bits per heavy atom. The molecule has 128 valence electrons. The molecule has 1 aliphatic heterocycles. The van der Waals surface area contributed by atoms with Crippen molar-refractivity contribution < 1.29 is 23.0 Å². The van der Waals surface area contributed by atoms with Crippen LogP contribution in [0.2, 0.25) is 0 Å². The van der Waals surface area contributed by atoms with E-state index in [4.69, 9.17) is 4.74 Å². The second-order valence-electron chi connectivity index (χ2n) is 6.85. The zero-order valence-corrected chi connectivity index (χ0v) is 13.1. The van der Waals surface area contributed by atoms with Crippen molar-refractivity contribution in [2.75, 3.05) is 26.4 Å². The normalized spacial score (nSPS) is 22.0. The molecule has 1 saturated heterocycles. The van der Waals surface area contributed by atoms with Crippen LogP contribution < -0.4 is 0 Å². The van der Waals surface area contributed by atoms with Crippen molar-refractivity contribution in [1.82, 2.24) is 4.90 Å². The van der Waals surface area contributed by atoms with Gasteiger partial charge in [-0.25, -0.2) is 0 Å². The standard InChI is InChI=1S/C17H22F3NO2/c1-12(13-3-2-4-14(7-13)17(18,19)20)21(15-5-6-15)8-16(9-22)10-23-11-16/h2-4,7,12,15,22H,5-6,8-11H2,1H3. The first-order valence-electron chi connectivity index (χ1n) is 7.96. The van der Waals surface area contributed by atoms with Crippen LogP contribution in [0.15, 0.2) is 24.3 Å². The van der Waals surface area contributed by atoms with E-state index in [2.05, 4.69) is 4.90 Å². The molecule has 0 spiro atoms. The quantitative estimate of drug-likeness (QED) is 0.870. The number of ether oxygens (including phenoxy) is 1. The Labute approximate surface area is 134 Å². The molecule has 1 saturated carbocycles. The third-order valence-electron chi connectivity index (χ3n) is 4.88. The Morgan fingerprint density at radius 3 is 2.52 bits per heavy atom. The summed E-state index contributed by atoms with van der Waals surface area (Å²) in [6.45, 7) is 3.68. The number of aliphatic hydroxyl groups excluding tert-OH is 1. The van der Waals surface area contributed by atoms with E-state index in [0.29, 0.717) is 31.4 Å². The Bertz CT molecular complexity index is 548. The maximum absolute atomic E-state index is 12.9. The van der Waals surface area contributed by atoms with Gasteiger partial charge in [-0.05, 0) is 37.5 Å². The van der Waals surface area contributed by atoms with Crippen LogP contribution in [0.4, 0.5) is 13.2 Å². The van der Waals surface area contributed by atoms with Crippen LogP contribution in [0.3, 0.4) is 0 Å². The van der Waals surface area contributed by atoms with E-state index in [0.717, 1.165) is 18.9 Å². The van der Waals surface area contributed by atoms with E-state index < -0.39 is 11.7 Å². The summed E-state index contributed by atoms with van der Waals surface area (Å²) >= 11 is 0. The van der Waals surface area contributed by atoms with Crippen LogP contribution in [-0.4, -0.2) is 42.4 Å². The lowest BCUT2D eigenvalue weighted by atomic mass is 9.85. The molecular formula is C17H22F3NO2. The summed E-state index contributed by atoms with van der Waals surface area (Å²) in [5.41, 5.74) is -0.208. The summed E-state index contributed by atoms with van der Waals surface area (Å²) in [7, 11) is 0. The molecule has 1 unspecified atom stereocenters. The summed E-state index contributed by atoms with van der Waals surface area (Å²) < 4.78 is 44.0. The fourth-order valence-corrected chi connectivity index (χ4v) is 3.17. The van der Waals surface area contributed by atoms with Gasteiger partial charge in [0, 0.05) is 18.6 Å². The summed E-state index contributed by atoms with van der Waals surface area (Å²) in [6.07, 6.45) is -2.20. The van der Waals surface area contributed by atoms with E-state index in [1.54, 1.807) is 6.07 Å². The van der Waals surface area contributed by atoms with Crippen molar-refractivity contribution in [1.29, 1.82) is 0 Å². The van der Waals surface area contributed by atoms with Crippen molar-refractivity contribution in [2.24, 2.45) is 5.41 Å². The molecule has 3 rings (SSSR count). The smallest absolute Gasteiger partial charge is 0.396 e. The van der Waals surface area contributed by atoms with Gasteiger partial charge in [0.1, 0.15) is 0 Å². The SMILES string of the molecule is CC(c1cccc(C(F)(F)F)c1)N(CC1(CO)COC1)C1CC1. The monoisotopic (exact) mass is 329 g/mol. The Balaban J connectivity index is 1.80. The number of rotatable bonds is 6. The number of nitrogens with zero attached hydrogens (tertiary/aromatic N) is 1. The zero-order valence-electron chi connectivity index (χ0n) is 13.1. The molecule has 0 bridgehead atoms. The van der Waals surface area contributed by atoms with Gasteiger partial charge in [-0.15, -0.1) is 0 Å². The Hall–Kier alpha value is -1.11. The van der Waals surface area contributed by atoms with Gasteiger partial charge < -0.3 is 9.84 Å². The molecule has 2 fully saturated rings. The molecule has 6 heteroatoms. The largest absolute Gasteiger partial charge is 0.416 e. The Morgan fingerprint density at radius 1 is 1.35 bits per heavy atom. The van der Waals surface area contributed by atoms with Gasteiger partial charge in [0.2, 0.25) is 0 Å². The highest BCUT2D eigenvalue weighted by molar-refractivity contribution is 5.28. The highest BCUT2D eigenvalue weighted by atomic mass is 19.4. The van der Waals surface area contributed by atoms with Crippen molar-refractivity contribution >= 4 is 0 Å². The molecule has 3 nitrogen and oxygen atoms in total. The molecule has 1 N–H and O–H groups in total. The number of hydrogen-bond acceptors (Lipinski definition) is 3. The summed E-state index contributed by atoms with van der Waals surface area (Å²) in [4.78, 5) is 2.23. The van der Waals surface area contributed by atoms with Gasteiger partial charge in [-0.1, -0.05) is 12.1 Å². The number of alkyl halides is 3. The molecule has 1 aromatic carbocycles. The predicted molar refractivity (Wildman–Crippen MR) is 79.9 cm³/mol. The van der Waals surface area contributed by atoms with Crippen LogP contribution in [-0.2, 0) is 10.9 Å². The molecule has 23 heavy (non-hydrogen) atoms. The van der Waals surface area contributed by atoms with Crippen LogP contribution in [0.1, 0.15) is 36.9 Å². The number of aliphatic hydroxyl groups is 1. The summed E-state index contributed by atoms with van der Waals surface area (Å²) in [6, 6.07) is 5.83. The van der Waals surface area contributed by atoms with Crippen LogP contribution in [0, 0.1) is 5.41 Å². The molecule has 1 aromatic rings. The summed E-state index contributed by atoms with van der Waals surface area (Å²) in [5.74, 6) is 0. The highest BCUT2D eigenvalue weighted by Gasteiger charge is 2.44. The van der Waals surface area contributed by atoms with Crippen LogP contribution in [0.25, 0.3) is 0 Å². The van der Waals surface area contributed by atoms with Gasteiger partial charge in [-0.2, -0.15) is 13.2 Å². The first kappa shape index (κ1) is 16.7. The van der Waals surface area contributed by atoms with E-state index in [1.807, 2.05) is 6.92 Å². The Kier molecular flexibility index (Phi) is 4.42. The minimum Gasteiger partial charge on any atom is -0.396 e. The molecule has 1 atom stereocenters. The van der Waals surface area contributed by atoms with Crippen LogP contribution >= 0.6 is 0 Å². The molecule has 1 aliphatic carbocycles. The maximum atomic E-state index is 12.9. The van der Waals surface area contributed by atoms with E-state index in [1.165, 1.54) is 12.1 Å². The predicted octanol–water partition coefficient (Wildman–Crippen LogP) is 3.24. The van der Waals surface area contributed by atoms with Gasteiger partial charge in [0.05, 0.1) is 30.8 Å². The molecule has 1 heterocycles. The summed E-state index contributed by atoms with van der Waals surface area (Å²) in [5, 5.41) is 9.64. The van der Waals surface area contributed by atoms with Crippen molar-refractivity contribution in [2.45, 2.75) is 38.0 Å². The highest BCUT2D eigenvalue weighted by Crippen LogP contribution is 2.40. The average molecular weight is 329 g/mol. The lowest BCUT2D eigenvalue weighted by Crippen LogP contribution is -2.54. The molecular weight excluding hydrogens is 307 g/mol. The lowest BCUT2D eigenvalue weighted by Gasteiger charge is -2.45. The third-order valence-corrected chi connectivity index (χ3v) is 4.88. The number of benzene rings is 1. The van der Waals surface area contributed by atoms with Gasteiger partial charge in [-0.3, -0.25) is 4.90 Å². The van der Waals surface area contributed by atoms with Crippen molar-refractivity contribution in [3.63, 3.8) is 0 Å². The number of hydrogen-bond donors (Lipinski definition) is 1. The minimum absolute atomic E-state index is 0.0472. The first-order valence-corrected chi connectivity index (χ1v) is 7.96. The van der Waals surface area contributed by atoms with Crippen LogP contribution in [0.5, 0.6) is 0 Å². The van der Waals surface area contributed by atoms with Gasteiger partial charge >= 0.3 is 6.18 Å². The third kappa shape index (κ3) is 3.54. The van der Waals surface area contributed by atoms with Crippen molar-refractivity contribution in [3.05, 3.63) is 35.4 Å². The van der Waals surface area contributed by atoms with Crippen molar-refractivity contribution in [3.8, 4) is 0 Å². The number of halogens is 3. The first-order chi connectivity index (χ1) is 10.8. The molecule has 0 amide bonds. The fraction of sp³-hybridized carbons (Fsp3) is 0.647. The second-order valence-corrected chi connectivity index (χ2v) is 6.85. The fourth-order valence-electron chi connectivity index (χ4n) is 3.17. The van der Waals surface area contributed by atoms with E-state index in [-0.39, 0.29) is 18.1 Å². The second kappa shape index (κ2) is 6.07. The average Bonchev–Trinajstić information content (AvgIpc) is 3.30. The molecule has 2 aliphatic rings. The molecule has 0 aromatic heterocycles. The van der Waals surface area contributed by atoms with Gasteiger partial charge in [0.25, 0.3) is 0 Å². The van der Waals surface area contributed by atoms with E-state index in [9.17, 15) is 18.3 Å². The zero-order chi connectivity index (χ0) is 16.7.